The highest BCUT2D eigenvalue weighted by atomic mass is 19.4. The van der Waals surface area contributed by atoms with Gasteiger partial charge in [-0.2, -0.15) is 13.2 Å². The van der Waals surface area contributed by atoms with Gasteiger partial charge in [0, 0.05) is 43.5 Å². The summed E-state index contributed by atoms with van der Waals surface area (Å²) in [5, 5.41) is 2.86. The molecule has 8 heteroatoms. The fourth-order valence-electron chi connectivity index (χ4n) is 5.88. The summed E-state index contributed by atoms with van der Waals surface area (Å²) < 4.78 is 54.2. The van der Waals surface area contributed by atoms with E-state index >= 15 is 0 Å². The van der Waals surface area contributed by atoms with Crippen molar-refractivity contribution in [2.24, 2.45) is 5.92 Å². The Morgan fingerprint density at radius 1 is 1.06 bits per heavy atom. The lowest BCUT2D eigenvalue weighted by atomic mass is 9.82. The Labute approximate surface area is 196 Å². The summed E-state index contributed by atoms with van der Waals surface area (Å²) in [5.74, 6) is -1.14. The molecule has 2 fully saturated rings. The van der Waals surface area contributed by atoms with Gasteiger partial charge in [0.2, 0.25) is 5.91 Å². The number of benzene rings is 2. The molecule has 2 aromatic rings. The number of nitrogens with one attached hydrogen (secondary N) is 1. The number of alkyl halides is 3. The average Bonchev–Trinajstić information content (AvgIpc) is 3.36. The minimum Gasteiger partial charge on any atom is -0.365 e. The first-order chi connectivity index (χ1) is 16.3. The zero-order valence-corrected chi connectivity index (χ0v) is 19.0. The molecule has 0 bridgehead atoms. The standard InChI is InChI=1S/C26H29F4N3O/c27-22-8-4-1-5-17(22)15-31-25(34)21-14-18-13-19(26(28,29)30)9-10-23(18)33-12-11-32(16-24(21)33)20-6-2-3-7-20/h1,4-5,8-10,13,20-21,24H,2-3,6-7,11-12,14-16H2,(H,31,34)/t21-,24+/m1/s1. The molecule has 0 unspecified atom stereocenters. The number of carbonyl (C=O) groups is 1. The van der Waals surface area contributed by atoms with E-state index in [1.807, 2.05) is 0 Å². The van der Waals surface area contributed by atoms with Crippen LogP contribution in [0.3, 0.4) is 0 Å². The first kappa shape index (κ1) is 23.1. The normalized spacial score (nSPS) is 23.5. The highest BCUT2D eigenvalue weighted by Crippen LogP contribution is 2.40. The predicted octanol–water partition coefficient (Wildman–Crippen LogP) is 4.77. The maximum absolute atomic E-state index is 14.1. The van der Waals surface area contributed by atoms with Gasteiger partial charge in [-0.1, -0.05) is 31.0 Å². The van der Waals surface area contributed by atoms with Crippen molar-refractivity contribution in [2.75, 3.05) is 24.5 Å². The van der Waals surface area contributed by atoms with Crippen LogP contribution in [-0.4, -0.2) is 42.5 Å². The molecule has 3 aliphatic rings. The van der Waals surface area contributed by atoms with Gasteiger partial charge in [-0.05, 0) is 49.1 Å². The Bertz CT molecular complexity index is 1050. The Morgan fingerprint density at radius 3 is 2.56 bits per heavy atom. The number of hydrogen-bond donors (Lipinski definition) is 1. The maximum Gasteiger partial charge on any atom is 0.416 e. The molecule has 2 aliphatic heterocycles. The summed E-state index contributed by atoms with van der Waals surface area (Å²) in [5.41, 5.74) is 1.04. The van der Waals surface area contributed by atoms with E-state index in [4.69, 9.17) is 0 Å². The minimum atomic E-state index is -4.43. The van der Waals surface area contributed by atoms with Crippen LogP contribution in [0, 0.1) is 11.7 Å². The van der Waals surface area contributed by atoms with E-state index in [2.05, 4.69) is 15.1 Å². The van der Waals surface area contributed by atoms with E-state index in [-0.39, 0.29) is 24.9 Å². The zero-order chi connectivity index (χ0) is 23.9. The van der Waals surface area contributed by atoms with Gasteiger partial charge >= 0.3 is 6.18 Å². The number of hydrogen-bond acceptors (Lipinski definition) is 3. The number of nitrogens with zero attached hydrogens (tertiary/aromatic N) is 2. The van der Waals surface area contributed by atoms with Gasteiger partial charge in [0.05, 0.1) is 17.5 Å². The predicted molar refractivity (Wildman–Crippen MR) is 122 cm³/mol. The minimum absolute atomic E-state index is 0.0521. The number of rotatable bonds is 4. The van der Waals surface area contributed by atoms with Crippen LogP contribution in [0.15, 0.2) is 42.5 Å². The van der Waals surface area contributed by atoms with Crippen molar-refractivity contribution in [2.45, 2.75) is 56.9 Å². The van der Waals surface area contributed by atoms with E-state index in [1.54, 1.807) is 24.3 Å². The molecule has 5 rings (SSSR count). The van der Waals surface area contributed by atoms with Gasteiger partial charge in [0.15, 0.2) is 0 Å². The fourth-order valence-corrected chi connectivity index (χ4v) is 5.88. The molecular weight excluding hydrogens is 446 g/mol. The Balaban J connectivity index is 1.42. The number of amides is 1. The van der Waals surface area contributed by atoms with E-state index in [1.165, 1.54) is 25.0 Å². The fraction of sp³-hybridized carbons (Fsp3) is 0.500. The summed E-state index contributed by atoms with van der Waals surface area (Å²) in [6, 6.07) is 10.5. The first-order valence-corrected chi connectivity index (χ1v) is 12.0. The number of halogens is 4. The van der Waals surface area contributed by atoms with Crippen LogP contribution < -0.4 is 10.2 Å². The largest absolute Gasteiger partial charge is 0.416 e. The molecule has 1 aliphatic carbocycles. The number of anilines is 1. The second-order valence-electron chi connectivity index (χ2n) is 9.66. The quantitative estimate of drug-likeness (QED) is 0.648. The Morgan fingerprint density at radius 2 is 1.82 bits per heavy atom. The molecule has 0 radical (unpaired) electrons. The number of piperazine rings is 1. The molecule has 4 nitrogen and oxygen atoms in total. The van der Waals surface area contributed by atoms with E-state index in [0.717, 1.165) is 31.1 Å². The lowest BCUT2D eigenvalue weighted by molar-refractivity contribution is -0.137. The summed E-state index contributed by atoms with van der Waals surface area (Å²) in [4.78, 5) is 17.9. The van der Waals surface area contributed by atoms with E-state index < -0.39 is 23.5 Å². The molecule has 1 saturated carbocycles. The second-order valence-corrected chi connectivity index (χ2v) is 9.66. The van der Waals surface area contributed by atoms with Gasteiger partial charge in [0.1, 0.15) is 5.82 Å². The van der Waals surface area contributed by atoms with Crippen molar-refractivity contribution in [3.8, 4) is 0 Å². The monoisotopic (exact) mass is 475 g/mol. The summed E-state index contributed by atoms with van der Waals surface area (Å²) in [6.45, 7) is 2.28. The molecule has 2 heterocycles. The van der Waals surface area contributed by atoms with E-state index in [0.29, 0.717) is 30.3 Å². The van der Waals surface area contributed by atoms with Gasteiger partial charge in [-0.15, -0.1) is 0 Å². The van der Waals surface area contributed by atoms with Crippen LogP contribution in [0.25, 0.3) is 0 Å². The van der Waals surface area contributed by atoms with Gasteiger partial charge < -0.3 is 10.2 Å². The molecule has 2 atom stereocenters. The van der Waals surface area contributed by atoms with Crippen LogP contribution in [0.4, 0.5) is 23.2 Å². The zero-order valence-electron chi connectivity index (χ0n) is 19.0. The van der Waals surface area contributed by atoms with Gasteiger partial charge in [0.25, 0.3) is 0 Å². The highest BCUT2D eigenvalue weighted by Gasteiger charge is 2.43. The van der Waals surface area contributed by atoms with Gasteiger partial charge in [-0.25, -0.2) is 4.39 Å². The first-order valence-electron chi connectivity index (χ1n) is 12.0. The third-order valence-electron chi connectivity index (χ3n) is 7.66. The highest BCUT2D eigenvalue weighted by molar-refractivity contribution is 5.82. The third-order valence-corrected chi connectivity index (χ3v) is 7.66. The van der Waals surface area contributed by atoms with Crippen LogP contribution in [-0.2, 0) is 23.9 Å². The maximum atomic E-state index is 14.1. The average molecular weight is 476 g/mol. The molecule has 0 spiro atoms. The number of carbonyl (C=O) groups excluding carboxylic acids is 1. The van der Waals surface area contributed by atoms with Crippen molar-refractivity contribution < 1.29 is 22.4 Å². The molecule has 34 heavy (non-hydrogen) atoms. The van der Waals surface area contributed by atoms with Crippen molar-refractivity contribution in [1.29, 1.82) is 0 Å². The SMILES string of the molecule is O=C(NCc1ccccc1F)[C@@H]1Cc2cc(C(F)(F)F)ccc2N2CCN(C3CCCC3)C[C@@H]12. The summed E-state index contributed by atoms with van der Waals surface area (Å²) >= 11 is 0. The molecule has 2 aromatic carbocycles. The lowest BCUT2D eigenvalue weighted by Gasteiger charge is -2.50. The van der Waals surface area contributed by atoms with Crippen LogP contribution >= 0.6 is 0 Å². The van der Waals surface area contributed by atoms with Crippen LogP contribution in [0.5, 0.6) is 0 Å². The number of fused-ring (bicyclic) bond motifs is 3. The molecule has 0 aromatic heterocycles. The van der Waals surface area contributed by atoms with Crippen molar-refractivity contribution in [1.82, 2.24) is 10.2 Å². The molecule has 182 valence electrons. The van der Waals surface area contributed by atoms with Crippen molar-refractivity contribution >= 4 is 11.6 Å². The molecule has 1 amide bonds. The van der Waals surface area contributed by atoms with Crippen molar-refractivity contribution in [3.05, 3.63) is 65.0 Å². The molecular formula is C26H29F4N3O. The topological polar surface area (TPSA) is 35.6 Å². The molecule has 1 saturated heterocycles. The lowest BCUT2D eigenvalue weighted by Crippen LogP contribution is -2.62. The smallest absolute Gasteiger partial charge is 0.365 e. The Hall–Kier alpha value is -2.61. The van der Waals surface area contributed by atoms with Gasteiger partial charge in [-0.3, -0.25) is 9.69 Å². The third kappa shape index (κ3) is 4.52. The second kappa shape index (κ2) is 9.21. The summed E-state index contributed by atoms with van der Waals surface area (Å²) in [6.07, 6.45) is 0.540. The van der Waals surface area contributed by atoms with Crippen molar-refractivity contribution in [3.63, 3.8) is 0 Å². The van der Waals surface area contributed by atoms with Crippen LogP contribution in [0.2, 0.25) is 0 Å². The Kier molecular flexibility index (Phi) is 6.27. The van der Waals surface area contributed by atoms with Crippen LogP contribution in [0.1, 0.15) is 42.4 Å². The molecule has 1 N–H and O–H groups in total. The van der Waals surface area contributed by atoms with E-state index in [9.17, 15) is 22.4 Å². The summed E-state index contributed by atoms with van der Waals surface area (Å²) in [7, 11) is 0.